The summed E-state index contributed by atoms with van der Waals surface area (Å²) in [5.74, 6) is 1.36. The van der Waals surface area contributed by atoms with Crippen LogP contribution in [0.1, 0.15) is 32.4 Å². The first kappa shape index (κ1) is 10.8. The highest BCUT2D eigenvalue weighted by atomic mass is 16.5. The molecule has 0 aliphatic carbocycles. The average molecular weight is 196 g/mol. The summed E-state index contributed by atoms with van der Waals surface area (Å²) < 4.78 is 10.4. The third-order valence-corrected chi connectivity index (χ3v) is 1.78. The van der Waals surface area contributed by atoms with E-state index in [1.54, 1.807) is 13.3 Å². The first-order chi connectivity index (χ1) is 6.69. The number of hydrogen-bond donors (Lipinski definition) is 0. The van der Waals surface area contributed by atoms with Crippen molar-refractivity contribution in [2.75, 3.05) is 13.7 Å². The molecule has 0 aliphatic heterocycles. The van der Waals surface area contributed by atoms with Crippen LogP contribution in [0.5, 0.6) is 11.8 Å². The molecule has 1 aromatic rings. The van der Waals surface area contributed by atoms with E-state index < -0.39 is 0 Å². The second-order valence-electron chi connectivity index (χ2n) is 3.19. The third kappa shape index (κ3) is 2.34. The first-order valence-electron chi connectivity index (χ1n) is 4.72. The molecule has 0 saturated heterocycles. The molecule has 0 amide bonds. The maximum absolute atomic E-state index is 5.39. The molecule has 0 unspecified atom stereocenters. The molecule has 0 atom stereocenters. The lowest BCUT2D eigenvalue weighted by Gasteiger charge is -2.11. The standard InChI is InChI=1S/C10H16N2O2/c1-5-14-10-9(7(2)3)11-6-8(12-10)13-4/h6-7H,5H2,1-4H3. The molecule has 1 heterocycles. The minimum absolute atomic E-state index is 0.301. The maximum atomic E-state index is 5.39. The molecular weight excluding hydrogens is 180 g/mol. The smallest absolute Gasteiger partial charge is 0.239 e. The molecule has 1 aromatic heterocycles. The molecule has 1 rings (SSSR count). The lowest BCUT2D eigenvalue weighted by atomic mass is 10.1. The van der Waals surface area contributed by atoms with Gasteiger partial charge >= 0.3 is 0 Å². The largest absolute Gasteiger partial charge is 0.480 e. The number of ether oxygens (including phenoxy) is 2. The molecule has 4 heteroatoms. The van der Waals surface area contributed by atoms with Crippen molar-refractivity contribution in [3.05, 3.63) is 11.9 Å². The van der Waals surface area contributed by atoms with Crippen LogP contribution in [0.4, 0.5) is 0 Å². The number of rotatable bonds is 4. The zero-order valence-electron chi connectivity index (χ0n) is 9.07. The molecule has 0 aliphatic rings. The fraction of sp³-hybridized carbons (Fsp3) is 0.600. The molecule has 0 spiro atoms. The summed E-state index contributed by atoms with van der Waals surface area (Å²) in [7, 11) is 1.56. The summed E-state index contributed by atoms with van der Waals surface area (Å²) in [6.45, 7) is 6.62. The lowest BCUT2D eigenvalue weighted by molar-refractivity contribution is 0.307. The molecule has 0 radical (unpaired) electrons. The maximum Gasteiger partial charge on any atom is 0.239 e. The zero-order valence-corrected chi connectivity index (χ0v) is 9.07. The van der Waals surface area contributed by atoms with Crippen molar-refractivity contribution in [2.45, 2.75) is 26.7 Å². The summed E-state index contributed by atoms with van der Waals surface area (Å²) in [5.41, 5.74) is 0.868. The van der Waals surface area contributed by atoms with Gasteiger partial charge in [-0.1, -0.05) is 13.8 Å². The van der Waals surface area contributed by atoms with E-state index in [9.17, 15) is 0 Å². The van der Waals surface area contributed by atoms with Crippen LogP contribution in [0.2, 0.25) is 0 Å². The van der Waals surface area contributed by atoms with E-state index in [2.05, 4.69) is 23.8 Å². The van der Waals surface area contributed by atoms with Gasteiger partial charge in [0.2, 0.25) is 11.8 Å². The van der Waals surface area contributed by atoms with E-state index in [4.69, 9.17) is 9.47 Å². The van der Waals surface area contributed by atoms with Crippen molar-refractivity contribution < 1.29 is 9.47 Å². The number of aromatic nitrogens is 2. The molecule has 14 heavy (non-hydrogen) atoms. The second kappa shape index (κ2) is 4.79. The van der Waals surface area contributed by atoms with Crippen molar-refractivity contribution >= 4 is 0 Å². The molecular formula is C10H16N2O2. The van der Waals surface area contributed by atoms with Crippen LogP contribution in [-0.4, -0.2) is 23.7 Å². The Morgan fingerprint density at radius 3 is 2.64 bits per heavy atom. The Hall–Kier alpha value is -1.32. The molecule has 0 fully saturated rings. The molecule has 0 aromatic carbocycles. The third-order valence-electron chi connectivity index (χ3n) is 1.78. The normalized spacial score (nSPS) is 10.4. The zero-order chi connectivity index (χ0) is 10.6. The summed E-state index contributed by atoms with van der Waals surface area (Å²) in [6, 6.07) is 0. The summed E-state index contributed by atoms with van der Waals surface area (Å²) in [5, 5.41) is 0. The van der Waals surface area contributed by atoms with Gasteiger partial charge < -0.3 is 9.47 Å². The van der Waals surface area contributed by atoms with Crippen molar-refractivity contribution in [1.82, 2.24) is 9.97 Å². The van der Waals surface area contributed by atoms with Gasteiger partial charge in [0.1, 0.15) is 5.69 Å². The highest BCUT2D eigenvalue weighted by Gasteiger charge is 2.12. The van der Waals surface area contributed by atoms with Gasteiger partial charge in [-0.2, -0.15) is 4.98 Å². The van der Waals surface area contributed by atoms with Gasteiger partial charge in [-0.05, 0) is 6.92 Å². The van der Waals surface area contributed by atoms with Gasteiger partial charge in [-0.3, -0.25) is 0 Å². The highest BCUT2D eigenvalue weighted by Crippen LogP contribution is 2.23. The summed E-state index contributed by atoms with van der Waals surface area (Å²) in [6.07, 6.45) is 1.61. The predicted octanol–water partition coefficient (Wildman–Crippen LogP) is 2.01. The minimum atomic E-state index is 0.301. The van der Waals surface area contributed by atoms with Gasteiger partial charge in [0.25, 0.3) is 0 Å². The fourth-order valence-electron chi connectivity index (χ4n) is 1.10. The van der Waals surface area contributed by atoms with Crippen molar-refractivity contribution in [3.63, 3.8) is 0 Å². The highest BCUT2D eigenvalue weighted by molar-refractivity contribution is 5.25. The Morgan fingerprint density at radius 2 is 2.14 bits per heavy atom. The Kier molecular flexibility index (Phi) is 3.68. The van der Waals surface area contributed by atoms with Crippen LogP contribution < -0.4 is 9.47 Å². The molecule has 78 valence electrons. The van der Waals surface area contributed by atoms with E-state index in [0.29, 0.717) is 24.3 Å². The number of hydrogen-bond acceptors (Lipinski definition) is 4. The van der Waals surface area contributed by atoms with Crippen LogP contribution in [-0.2, 0) is 0 Å². The molecule has 0 bridgehead atoms. The molecule has 4 nitrogen and oxygen atoms in total. The van der Waals surface area contributed by atoms with Gasteiger partial charge in [0.15, 0.2) is 0 Å². The van der Waals surface area contributed by atoms with E-state index in [0.717, 1.165) is 5.69 Å². The van der Waals surface area contributed by atoms with Gasteiger partial charge in [-0.15, -0.1) is 0 Å². The second-order valence-corrected chi connectivity index (χ2v) is 3.19. The monoisotopic (exact) mass is 196 g/mol. The SMILES string of the molecule is CCOc1nc(OC)cnc1C(C)C. The Balaban J connectivity index is 3.03. The van der Waals surface area contributed by atoms with Crippen molar-refractivity contribution in [2.24, 2.45) is 0 Å². The first-order valence-corrected chi connectivity index (χ1v) is 4.72. The van der Waals surface area contributed by atoms with E-state index in [1.807, 2.05) is 6.92 Å². The van der Waals surface area contributed by atoms with E-state index in [-0.39, 0.29) is 0 Å². The summed E-state index contributed by atoms with van der Waals surface area (Å²) >= 11 is 0. The van der Waals surface area contributed by atoms with Gasteiger partial charge in [0.05, 0.1) is 19.9 Å². The molecule has 0 saturated carbocycles. The van der Waals surface area contributed by atoms with Crippen LogP contribution in [0.25, 0.3) is 0 Å². The Labute approximate surface area is 84.3 Å². The van der Waals surface area contributed by atoms with Crippen LogP contribution >= 0.6 is 0 Å². The van der Waals surface area contributed by atoms with E-state index >= 15 is 0 Å². The quantitative estimate of drug-likeness (QED) is 0.738. The van der Waals surface area contributed by atoms with Crippen molar-refractivity contribution in [1.29, 1.82) is 0 Å². The van der Waals surface area contributed by atoms with Crippen molar-refractivity contribution in [3.8, 4) is 11.8 Å². The van der Waals surface area contributed by atoms with Crippen LogP contribution in [0.15, 0.2) is 6.20 Å². The fourth-order valence-corrected chi connectivity index (χ4v) is 1.10. The van der Waals surface area contributed by atoms with Gasteiger partial charge in [0, 0.05) is 5.92 Å². The Bertz CT molecular complexity index is 300. The summed E-state index contributed by atoms with van der Waals surface area (Å²) in [4.78, 5) is 8.45. The average Bonchev–Trinajstić information content (AvgIpc) is 2.17. The van der Waals surface area contributed by atoms with Crippen LogP contribution in [0.3, 0.4) is 0 Å². The molecule has 0 N–H and O–H groups in total. The number of nitrogens with zero attached hydrogens (tertiary/aromatic N) is 2. The lowest BCUT2D eigenvalue weighted by Crippen LogP contribution is -2.04. The predicted molar refractivity (Wildman–Crippen MR) is 53.8 cm³/mol. The topological polar surface area (TPSA) is 44.2 Å². The van der Waals surface area contributed by atoms with Crippen LogP contribution in [0, 0.1) is 0 Å². The Morgan fingerprint density at radius 1 is 1.43 bits per heavy atom. The number of methoxy groups -OCH3 is 1. The van der Waals surface area contributed by atoms with Gasteiger partial charge in [-0.25, -0.2) is 4.98 Å². The minimum Gasteiger partial charge on any atom is -0.480 e. The van der Waals surface area contributed by atoms with E-state index in [1.165, 1.54) is 0 Å².